The van der Waals surface area contributed by atoms with Crippen LogP contribution in [0.5, 0.6) is 0 Å². The first kappa shape index (κ1) is 18.8. The fourth-order valence-corrected chi connectivity index (χ4v) is 3.01. The summed E-state index contributed by atoms with van der Waals surface area (Å²) in [6.07, 6.45) is 1.02. The van der Waals surface area contributed by atoms with Crippen molar-refractivity contribution in [2.45, 2.75) is 26.0 Å². The summed E-state index contributed by atoms with van der Waals surface area (Å²) in [7, 11) is 1.72. The molecule has 4 heteroatoms. The summed E-state index contributed by atoms with van der Waals surface area (Å²) in [4.78, 5) is 5.99. The van der Waals surface area contributed by atoms with Crippen molar-refractivity contribution in [3.8, 4) is 11.8 Å². The van der Waals surface area contributed by atoms with E-state index in [-0.39, 0.29) is 11.8 Å². The van der Waals surface area contributed by atoms with E-state index in [9.17, 15) is 5.11 Å². The number of aliphatic hydroxyl groups is 1. The molecule has 0 saturated heterocycles. The minimum atomic E-state index is -0.741. The fraction of sp³-hybridized carbons (Fsp3) is 0.261. The van der Waals surface area contributed by atoms with Crippen molar-refractivity contribution >= 4 is 5.96 Å². The highest BCUT2D eigenvalue weighted by molar-refractivity contribution is 5.80. The number of rotatable bonds is 3. The molecule has 0 aromatic heterocycles. The number of aliphatic imine (C=N–C) groups is 1. The van der Waals surface area contributed by atoms with Gasteiger partial charge in [-0.1, -0.05) is 56.0 Å². The number of benzene rings is 2. The molecule has 3 atom stereocenters. The highest BCUT2D eigenvalue weighted by Gasteiger charge is 2.24. The minimum absolute atomic E-state index is 0.115. The SMILES string of the molecule is CC(C1=CC(O)N(C)C(N)=N1)C(C)c1cccc(C#Cc2ccccc2)c1. The Balaban J connectivity index is 1.81. The van der Waals surface area contributed by atoms with Gasteiger partial charge in [0.1, 0.15) is 6.23 Å². The van der Waals surface area contributed by atoms with Crippen LogP contribution in [-0.2, 0) is 0 Å². The molecule has 0 spiro atoms. The van der Waals surface area contributed by atoms with Crippen LogP contribution in [0, 0.1) is 17.8 Å². The number of hydrogen-bond donors (Lipinski definition) is 2. The van der Waals surface area contributed by atoms with Crippen molar-refractivity contribution in [2.75, 3.05) is 7.05 Å². The number of guanidine groups is 1. The molecule has 4 nitrogen and oxygen atoms in total. The van der Waals surface area contributed by atoms with Crippen molar-refractivity contribution < 1.29 is 5.11 Å². The van der Waals surface area contributed by atoms with Crippen LogP contribution in [0.4, 0.5) is 0 Å². The van der Waals surface area contributed by atoms with E-state index in [2.05, 4.69) is 42.8 Å². The van der Waals surface area contributed by atoms with E-state index in [0.717, 1.165) is 16.8 Å². The Bertz CT molecular complexity index is 921. The van der Waals surface area contributed by atoms with E-state index in [1.54, 1.807) is 18.0 Å². The van der Waals surface area contributed by atoms with E-state index >= 15 is 0 Å². The Morgan fingerprint density at radius 1 is 1.00 bits per heavy atom. The Hall–Kier alpha value is -3.03. The van der Waals surface area contributed by atoms with Crippen LogP contribution in [0.2, 0.25) is 0 Å². The number of allylic oxidation sites excluding steroid dienone is 1. The molecule has 1 heterocycles. The Morgan fingerprint density at radius 3 is 2.37 bits per heavy atom. The third kappa shape index (κ3) is 4.39. The van der Waals surface area contributed by atoms with Crippen molar-refractivity contribution in [3.05, 3.63) is 83.1 Å². The molecule has 2 aromatic rings. The molecule has 0 amide bonds. The molecule has 2 aromatic carbocycles. The number of nitrogens with zero attached hydrogens (tertiary/aromatic N) is 2. The van der Waals surface area contributed by atoms with Crippen molar-refractivity contribution in [3.63, 3.8) is 0 Å². The van der Waals surface area contributed by atoms with Gasteiger partial charge in [0.15, 0.2) is 5.96 Å². The van der Waals surface area contributed by atoms with E-state index in [4.69, 9.17) is 5.73 Å². The molecule has 138 valence electrons. The van der Waals surface area contributed by atoms with Gasteiger partial charge in [-0.3, -0.25) is 0 Å². The molecule has 0 radical (unpaired) electrons. The Labute approximate surface area is 161 Å². The van der Waals surface area contributed by atoms with Gasteiger partial charge >= 0.3 is 0 Å². The lowest BCUT2D eigenvalue weighted by molar-refractivity contribution is 0.109. The topological polar surface area (TPSA) is 61.8 Å². The lowest BCUT2D eigenvalue weighted by Gasteiger charge is -2.30. The fourth-order valence-electron chi connectivity index (χ4n) is 3.01. The minimum Gasteiger partial charge on any atom is -0.370 e. The molecule has 27 heavy (non-hydrogen) atoms. The molecule has 1 aliphatic rings. The second-order valence-electron chi connectivity index (χ2n) is 6.90. The Kier molecular flexibility index (Phi) is 5.63. The highest BCUT2D eigenvalue weighted by Crippen LogP contribution is 2.32. The van der Waals surface area contributed by atoms with Crippen LogP contribution in [0.15, 0.2) is 71.4 Å². The maximum absolute atomic E-state index is 10.1. The molecule has 3 rings (SSSR count). The quantitative estimate of drug-likeness (QED) is 0.827. The smallest absolute Gasteiger partial charge is 0.198 e. The van der Waals surface area contributed by atoms with E-state index < -0.39 is 6.23 Å². The second kappa shape index (κ2) is 8.11. The molecule has 0 aliphatic carbocycles. The van der Waals surface area contributed by atoms with Crippen LogP contribution < -0.4 is 5.73 Å². The third-order valence-corrected chi connectivity index (χ3v) is 5.08. The molecule has 0 bridgehead atoms. The monoisotopic (exact) mass is 359 g/mol. The van der Waals surface area contributed by atoms with Crippen molar-refractivity contribution in [2.24, 2.45) is 16.6 Å². The maximum atomic E-state index is 10.1. The first-order valence-corrected chi connectivity index (χ1v) is 9.09. The van der Waals surface area contributed by atoms with Gasteiger partial charge in [0.05, 0.1) is 0 Å². The van der Waals surface area contributed by atoms with Gasteiger partial charge in [0.25, 0.3) is 0 Å². The molecule has 0 saturated carbocycles. The molecular weight excluding hydrogens is 334 g/mol. The summed E-state index contributed by atoms with van der Waals surface area (Å²) in [5.74, 6) is 7.09. The summed E-state index contributed by atoms with van der Waals surface area (Å²) < 4.78 is 0. The second-order valence-corrected chi connectivity index (χ2v) is 6.90. The van der Waals surface area contributed by atoms with Gasteiger partial charge in [-0.05, 0) is 41.8 Å². The van der Waals surface area contributed by atoms with Gasteiger partial charge in [-0.25, -0.2) is 4.99 Å². The standard InChI is InChI=1S/C23H25N3O/c1-16(17(2)21-15-22(27)26(3)23(24)25-21)20-11-7-10-19(14-20)13-12-18-8-5-4-6-9-18/h4-11,14-17,22,27H,1-3H3,(H2,24,25). The van der Waals surface area contributed by atoms with E-state index in [1.807, 2.05) is 42.5 Å². The zero-order valence-corrected chi connectivity index (χ0v) is 15.9. The van der Waals surface area contributed by atoms with Crippen LogP contribution in [0.3, 0.4) is 0 Å². The number of likely N-dealkylation sites (N-methyl/N-ethyl adjacent to an activating group) is 1. The predicted molar refractivity (Wildman–Crippen MR) is 110 cm³/mol. The first-order valence-electron chi connectivity index (χ1n) is 9.09. The van der Waals surface area contributed by atoms with E-state index in [1.165, 1.54) is 5.56 Å². The van der Waals surface area contributed by atoms with Crippen LogP contribution >= 0.6 is 0 Å². The summed E-state index contributed by atoms with van der Waals surface area (Å²) in [5, 5.41) is 10.1. The zero-order valence-electron chi connectivity index (χ0n) is 15.9. The number of aliphatic hydroxyl groups excluding tert-OH is 1. The summed E-state index contributed by atoms with van der Waals surface area (Å²) in [6, 6.07) is 18.2. The lowest BCUT2D eigenvalue weighted by atomic mass is 9.85. The molecule has 3 unspecified atom stereocenters. The summed E-state index contributed by atoms with van der Waals surface area (Å²) in [5.41, 5.74) is 9.89. The average Bonchev–Trinajstić information content (AvgIpc) is 2.70. The van der Waals surface area contributed by atoms with Crippen LogP contribution in [0.25, 0.3) is 0 Å². The van der Waals surface area contributed by atoms with Gasteiger partial charge in [-0.15, -0.1) is 0 Å². The summed E-state index contributed by atoms with van der Waals surface area (Å²) >= 11 is 0. The van der Waals surface area contributed by atoms with Crippen LogP contribution in [-0.4, -0.2) is 29.2 Å². The van der Waals surface area contributed by atoms with Gasteiger partial charge < -0.3 is 15.7 Å². The molecule has 1 aliphatic heterocycles. The average molecular weight is 359 g/mol. The molecule has 0 fully saturated rings. The predicted octanol–water partition coefficient (Wildman–Crippen LogP) is 3.29. The van der Waals surface area contributed by atoms with Gasteiger partial charge in [0.2, 0.25) is 0 Å². The van der Waals surface area contributed by atoms with Crippen molar-refractivity contribution in [1.29, 1.82) is 0 Å². The lowest BCUT2D eigenvalue weighted by Crippen LogP contribution is -2.43. The molecule has 3 N–H and O–H groups in total. The Morgan fingerprint density at radius 2 is 1.67 bits per heavy atom. The first-order chi connectivity index (χ1) is 13.0. The highest BCUT2D eigenvalue weighted by atomic mass is 16.3. The number of nitrogens with two attached hydrogens (primary N) is 1. The molecular formula is C23H25N3O. The third-order valence-electron chi connectivity index (χ3n) is 5.08. The largest absolute Gasteiger partial charge is 0.370 e. The van der Waals surface area contributed by atoms with Gasteiger partial charge in [-0.2, -0.15) is 0 Å². The number of hydrogen-bond acceptors (Lipinski definition) is 4. The van der Waals surface area contributed by atoms with Crippen molar-refractivity contribution in [1.82, 2.24) is 4.90 Å². The maximum Gasteiger partial charge on any atom is 0.198 e. The van der Waals surface area contributed by atoms with Gasteiger partial charge in [0, 0.05) is 29.8 Å². The van der Waals surface area contributed by atoms with Crippen LogP contribution in [0.1, 0.15) is 36.5 Å². The summed E-state index contributed by atoms with van der Waals surface area (Å²) in [6.45, 7) is 4.26. The van der Waals surface area contributed by atoms with E-state index in [0.29, 0.717) is 5.96 Å². The normalized spacial score (nSPS) is 18.7. The zero-order chi connectivity index (χ0) is 19.4.